The molecule has 0 bridgehead atoms. The summed E-state index contributed by atoms with van der Waals surface area (Å²) in [4.78, 5) is 14.3. The molecule has 108 valence electrons. The van der Waals surface area contributed by atoms with Crippen LogP contribution in [0.15, 0.2) is 30.3 Å². The van der Waals surface area contributed by atoms with Crippen LogP contribution in [0.4, 0.5) is 4.79 Å². The number of hydrogen-bond acceptors (Lipinski definition) is 3. The Morgan fingerprint density at radius 3 is 2.80 bits per heavy atom. The zero-order valence-corrected chi connectivity index (χ0v) is 11.8. The molecule has 1 aromatic carbocycles. The highest BCUT2D eigenvalue weighted by atomic mass is 16.6. The third-order valence-electron chi connectivity index (χ3n) is 4.36. The Morgan fingerprint density at radius 2 is 2.05 bits per heavy atom. The van der Waals surface area contributed by atoms with Gasteiger partial charge in [0.25, 0.3) is 0 Å². The highest BCUT2D eigenvalue weighted by Crippen LogP contribution is 2.29. The Balaban J connectivity index is 1.64. The van der Waals surface area contributed by atoms with Crippen LogP contribution in [0.3, 0.4) is 0 Å². The van der Waals surface area contributed by atoms with Crippen LogP contribution in [0, 0.1) is 5.92 Å². The minimum Gasteiger partial charge on any atom is -0.410 e. The van der Waals surface area contributed by atoms with Gasteiger partial charge in [0.05, 0.1) is 0 Å². The number of carbonyl (C=O) groups is 1. The zero-order chi connectivity index (χ0) is 13.8. The first kappa shape index (κ1) is 13.4. The second-order valence-electron chi connectivity index (χ2n) is 5.69. The van der Waals surface area contributed by atoms with Gasteiger partial charge in [-0.25, -0.2) is 4.79 Å². The molecule has 4 nitrogen and oxygen atoms in total. The van der Waals surface area contributed by atoms with E-state index in [0.717, 1.165) is 32.5 Å². The lowest BCUT2D eigenvalue weighted by atomic mass is 9.90. The second-order valence-corrected chi connectivity index (χ2v) is 5.69. The number of nitrogens with zero attached hydrogens (tertiary/aromatic N) is 1. The standard InChI is InChI=1S/C16H22N2O2/c19-16(20-14-7-2-1-3-8-14)18-11-5-9-15(18)13-6-4-10-17-12-13/h1-3,7-8,13,15,17H,4-6,9-12H2. The summed E-state index contributed by atoms with van der Waals surface area (Å²) in [7, 11) is 0. The second kappa shape index (κ2) is 6.27. The quantitative estimate of drug-likeness (QED) is 0.901. The van der Waals surface area contributed by atoms with Gasteiger partial charge in [0.2, 0.25) is 0 Å². The summed E-state index contributed by atoms with van der Waals surface area (Å²) in [5.74, 6) is 1.21. The van der Waals surface area contributed by atoms with Crippen LogP contribution in [-0.4, -0.2) is 36.7 Å². The van der Waals surface area contributed by atoms with E-state index >= 15 is 0 Å². The Hall–Kier alpha value is -1.55. The van der Waals surface area contributed by atoms with Gasteiger partial charge in [-0.1, -0.05) is 18.2 Å². The first-order valence-corrected chi connectivity index (χ1v) is 7.59. The number of likely N-dealkylation sites (tertiary alicyclic amines) is 1. The van der Waals surface area contributed by atoms with Crippen molar-refractivity contribution in [2.75, 3.05) is 19.6 Å². The largest absolute Gasteiger partial charge is 0.415 e. The van der Waals surface area contributed by atoms with Crippen molar-refractivity contribution in [1.82, 2.24) is 10.2 Å². The topological polar surface area (TPSA) is 41.6 Å². The van der Waals surface area contributed by atoms with Crippen molar-refractivity contribution >= 4 is 6.09 Å². The van der Waals surface area contributed by atoms with Crippen LogP contribution >= 0.6 is 0 Å². The van der Waals surface area contributed by atoms with E-state index in [2.05, 4.69) is 5.32 Å². The highest BCUT2D eigenvalue weighted by molar-refractivity contribution is 5.71. The lowest BCUT2D eigenvalue weighted by Crippen LogP contribution is -2.46. The van der Waals surface area contributed by atoms with E-state index in [4.69, 9.17) is 4.74 Å². The summed E-state index contributed by atoms with van der Waals surface area (Å²) in [5.41, 5.74) is 0. The monoisotopic (exact) mass is 274 g/mol. The molecular formula is C16H22N2O2. The van der Waals surface area contributed by atoms with Crippen LogP contribution in [0.25, 0.3) is 0 Å². The molecule has 0 saturated carbocycles. The summed E-state index contributed by atoms with van der Waals surface area (Å²) in [6, 6.07) is 9.68. The minimum atomic E-state index is -0.190. The molecule has 1 amide bonds. The lowest BCUT2D eigenvalue weighted by Gasteiger charge is -2.33. The average molecular weight is 274 g/mol. The van der Waals surface area contributed by atoms with Crippen LogP contribution in [0.5, 0.6) is 5.75 Å². The molecule has 1 N–H and O–H groups in total. The fraction of sp³-hybridized carbons (Fsp3) is 0.562. The smallest absolute Gasteiger partial charge is 0.410 e. The molecule has 0 spiro atoms. The molecule has 0 aromatic heterocycles. The maximum absolute atomic E-state index is 12.4. The van der Waals surface area contributed by atoms with E-state index in [-0.39, 0.29) is 6.09 Å². The summed E-state index contributed by atoms with van der Waals surface area (Å²) in [6.45, 7) is 2.96. The Bertz CT molecular complexity index is 443. The summed E-state index contributed by atoms with van der Waals surface area (Å²) in [6.07, 6.45) is 4.43. The molecule has 2 fully saturated rings. The number of ether oxygens (including phenoxy) is 1. The van der Waals surface area contributed by atoms with Crippen molar-refractivity contribution in [2.45, 2.75) is 31.7 Å². The molecular weight excluding hydrogens is 252 g/mol. The van der Waals surface area contributed by atoms with Gasteiger partial charge >= 0.3 is 6.09 Å². The predicted molar refractivity (Wildman–Crippen MR) is 77.8 cm³/mol. The van der Waals surface area contributed by atoms with Gasteiger partial charge in [0.15, 0.2) is 0 Å². The van der Waals surface area contributed by atoms with Crippen LogP contribution < -0.4 is 10.1 Å². The van der Waals surface area contributed by atoms with E-state index in [9.17, 15) is 4.79 Å². The van der Waals surface area contributed by atoms with E-state index in [0.29, 0.717) is 17.7 Å². The lowest BCUT2D eigenvalue weighted by molar-refractivity contribution is 0.124. The molecule has 1 aromatic rings. The molecule has 4 heteroatoms. The zero-order valence-electron chi connectivity index (χ0n) is 11.8. The van der Waals surface area contributed by atoms with Crippen molar-refractivity contribution in [3.05, 3.63) is 30.3 Å². The maximum Gasteiger partial charge on any atom is 0.415 e. The molecule has 0 aliphatic carbocycles. The van der Waals surface area contributed by atoms with Gasteiger partial charge < -0.3 is 15.0 Å². The molecule has 20 heavy (non-hydrogen) atoms. The van der Waals surface area contributed by atoms with Crippen molar-refractivity contribution in [3.63, 3.8) is 0 Å². The molecule has 2 unspecified atom stereocenters. The number of carbonyl (C=O) groups excluding carboxylic acids is 1. The average Bonchev–Trinajstić information content (AvgIpc) is 2.99. The molecule has 2 heterocycles. The van der Waals surface area contributed by atoms with Crippen molar-refractivity contribution in [1.29, 1.82) is 0 Å². The van der Waals surface area contributed by atoms with Gasteiger partial charge in [-0.2, -0.15) is 0 Å². The van der Waals surface area contributed by atoms with Gasteiger partial charge in [-0.05, 0) is 56.8 Å². The van der Waals surface area contributed by atoms with Crippen molar-refractivity contribution in [2.24, 2.45) is 5.92 Å². The third kappa shape index (κ3) is 2.96. The predicted octanol–water partition coefficient (Wildman–Crippen LogP) is 2.65. The third-order valence-corrected chi connectivity index (χ3v) is 4.36. The van der Waals surface area contributed by atoms with E-state index in [1.54, 1.807) is 0 Å². The van der Waals surface area contributed by atoms with Gasteiger partial charge in [-0.15, -0.1) is 0 Å². The Labute approximate surface area is 120 Å². The van der Waals surface area contributed by atoms with Gasteiger partial charge in [0.1, 0.15) is 5.75 Å². The Morgan fingerprint density at radius 1 is 1.20 bits per heavy atom. The summed E-state index contributed by atoms with van der Waals surface area (Å²) >= 11 is 0. The minimum absolute atomic E-state index is 0.190. The first-order chi connectivity index (χ1) is 9.84. The normalized spacial score (nSPS) is 26.5. The number of piperidine rings is 1. The number of rotatable bonds is 2. The summed E-state index contributed by atoms with van der Waals surface area (Å²) < 4.78 is 5.49. The van der Waals surface area contributed by atoms with Crippen LogP contribution in [-0.2, 0) is 0 Å². The molecule has 2 aliphatic heterocycles. The SMILES string of the molecule is O=C(Oc1ccccc1)N1CCCC1C1CCCNC1. The number of amides is 1. The van der Waals surface area contributed by atoms with E-state index in [1.165, 1.54) is 12.8 Å². The molecule has 0 radical (unpaired) electrons. The highest BCUT2D eigenvalue weighted by Gasteiger charge is 2.36. The summed E-state index contributed by atoms with van der Waals surface area (Å²) in [5, 5.41) is 3.44. The van der Waals surface area contributed by atoms with Gasteiger partial charge in [0, 0.05) is 12.6 Å². The van der Waals surface area contributed by atoms with Crippen molar-refractivity contribution < 1.29 is 9.53 Å². The fourth-order valence-electron chi connectivity index (χ4n) is 3.36. The molecule has 2 saturated heterocycles. The Kier molecular flexibility index (Phi) is 4.21. The van der Waals surface area contributed by atoms with E-state index < -0.39 is 0 Å². The van der Waals surface area contributed by atoms with Crippen LogP contribution in [0.2, 0.25) is 0 Å². The molecule has 2 atom stereocenters. The number of para-hydroxylation sites is 1. The van der Waals surface area contributed by atoms with Gasteiger partial charge in [-0.3, -0.25) is 0 Å². The molecule has 2 aliphatic rings. The van der Waals surface area contributed by atoms with Crippen molar-refractivity contribution in [3.8, 4) is 5.75 Å². The van der Waals surface area contributed by atoms with Crippen LogP contribution in [0.1, 0.15) is 25.7 Å². The maximum atomic E-state index is 12.4. The fourth-order valence-corrected chi connectivity index (χ4v) is 3.36. The number of benzene rings is 1. The number of nitrogens with one attached hydrogen (secondary N) is 1. The van der Waals surface area contributed by atoms with E-state index in [1.807, 2.05) is 35.2 Å². The first-order valence-electron chi connectivity index (χ1n) is 7.59. The number of hydrogen-bond donors (Lipinski definition) is 1. The molecule has 3 rings (SSSR count).